The van der Waals surface area contributed by atoms with E-state index in [9.17, 15) is 0 Å². The quantitative estimate of drug-likeness (QED) is 0.517. The molecular weight excluding hydrogens is 392 g/mol. The molecule has 2 atom stereocenters. The van der Waals surface area contributed by atoms with E-state index < -0.39 is 0 Å². The number of aromatic nitrogens is 2. The average Bonchev–Trinajstić information content (AvgIpc) is 3.37. The zero-order valence-corrected chi connectivity index (χ0v) is 18.4. The van der Waals surface area contributed by atoms with Crippen molar-refractivity contribution in [3.05, 3.63) is 59.4 Å². The van der Waals surface area contributed by atoms with Gasteiger partial charge in [-0.25, -0.2) is 4.98 Å². The van der Waals surface area contributed by atoms with Gasteiger partial charge in [0.1, 0.15) is 0 Å². The summed E-state index contributed by atoms with van der Waals surface area (Å²) in [6.07, 6.45) is 7.97. The predicted octanol–water partition coefficient (Wildman–Crippen LogP) is 3.46. The molecule has 0 bridgehead atoms. The first-order valence-electron chi connectivity index (χ1n) is 10.9. The first kappa shape index (κ1) is 19.6. The van der Waals surface area contributed by atoms with E-state index in [0.29, 0.717) is 18.5 Å². The van der Waals surface area contributed by atoms with Crippen LogP contribution in [0.15, 0.2) is 53.1 Å². The molecule has 2 unspecified atom stereocenters. The number of piperidine rings is 2. The summed E-state index contributed by atoms with van der Waals surface area (Å²) in [5.74, 6) is 1.72. The molecule has 2 fully saturated rings. The van der Waals surface area contributed by atoms with Crippen LogP contribution >= 0.6 is 11.3 Å². The van der Waals surface area contributed by atoms with Crippen molar-refractivity contribution in [1.82, 2.24) is 24.5 Å². The van der Waals surface area contributed by atoms with Gasteiger partial charge in [-0.2, -0.15) is 0 Å². The van der Waals surface area contributed by atoms with Crippen molar-refractivity contribution in [1.29, 1.82) is 0 Å². The van der Waals surface area contributed by atoms with Gasteiger partial charge in [0.25, 0.3) is 0 Å². The Kier molecular flexibility index (Phi) is 5.73. The number of hydrogen-bond acceptors (Lipinski definition) is 4. The van der Waals surface area contributed by atoms with Crippen LogP contribution in [-0.2, 0) is 13.1 Å². The third-order valence-electron chi connectivity index (χ3n) is 6.49. The molecule has 0 amide bonds. The maximum atomic E-state index is 4.68. The maximum Gasteiger partial charge on any atom is 0.193 e. The molecule has 0 spiro atoms. The van der Waals surface area contributed by atoms with Gasteiger partial charge in [-0.3, -0.25) is 14.3 Å². The van der Waals surface area contributed by atoms with Crippen LogP contribution in [0.1, 0.15) is 30.5 Å². The van der Waals surface area contributed by atoms with Crippen LogP contribution < -0.4 is 5.32 Å². The van der Waals surface area contributed by atoms with E-state index in [0.717, 1.165) is 36.2 Å². The molecule has 5 rings (SSSR count). The van der Waals surface area contributed by atoms with Crippen molar-refractivity contribution in [2.75, 3.05) is 26.7 Å². The molecule has 1 N–H and O–H groups in total. The van der Waals surface area contributed by atoms with E-state index >= 15 is 0 Å². The number of fused-ring (bicyclic) bond motifs is 2. The number of benzene rings is 1. The predicted molar refractivity (Wildman–Crippen MR) is 123 cm³/mol. The summed E-state index contributed by atoms with van der Waals surface area (Å²) in [5.41, 5.74) is 2.49. The molecule has 2 aliphatic rings. The molecule has 2 aliphatic heterocycles. The van der Waals surface area contributed by atoms with Gasteiger partial charge < -0.3 is 10.2 Å². The normalized spacial score (nSPS) is 23.0. The number of likely N-dealkylation sites (tertiary alicyclic amines) is 2. The summed E-state index contributed by atoms with van der Waals surface area (Å²) in [7, 11) is 1.89. The van der Waals surface area contributed by atoms with Gasteiger partial charge >= 0.3 is 0 Å². The minimum atomic E-state index is 0.688. The highest BCUT2D eigenvalue weighted by molar-refractivity contribution is 7.15. The first-order valence-corrected chi connectivity index (χ1v) is 11.8. The van der Waals surface area contributed by atoms with Crippen LogP contribution in [0.2, 0.25) is 0 Å². The molecule has 158 valence electrons. The van der Waals surface area contributed by atoms with Crippen molar-refractivity contribution < 1.29 is 0 Å². The number of imidazole rings is 1. The molecule has 3 aromatic rings. The van der Waals surface area contributed by atoms with Gasteiger partial charge in [0.2, 0.25) is 0 Å². The fourth-order valence-electron chi connectivity index (χ4n) is 5.08. The van der Waals surface area contributed by atoms with Gasteiger partial charge in [0.15, 0.2) is 10.9 Å². The Balaban J connectivity index is 1.20. The molecule has 7 heteroatoms. The fraction of sp³-hybridized carbons (Fsp3) is 0.478. The van der Waals surface area contributed by atoms with Crippen molar-refractivity contribution in [3.63, 3.8) is 0 Å². The van der Waals surface area contributed by atoms with Crippen molar-refractivity contribution in [3.8, 4) is 0 Å². The first-order chi connectivity index (χ1) is 14.8. The van der Waals surface area contributed by atoms with E-state index in [1.807, 2.05) is 7.05 Å². The second-order valence-corrected chi connectivity index (χ2v) is 9.26. The van der Waals surface area contributed by atoms with E-state index in [1.165, 1.54) is 31.4 Å². The Bertz CT molecular complexity index is 965. The SMILES string of the molecule is CN=C(NCc1cn2ccsc2n1)N1CCC2C(CCCN2Cc2ccccc2)C1. The molecule has 0 aliphatic carbocycles. The summed E-state index contributed by atoms with van der Waals surface area (Å²) in [4.78, 5) is 15.5. The second kappa shape index (κ2) is 8.78. The Labute approximate surface area is 182 Å². The summed E-state index contributed by atoms with van der Waals surface area (Å²) in [5, 5.41) is 5.61. The Hall–Kier alpha value is -2.38. The van der Waals surface area contributed by atoms with Gasteiger partial charge in [0, 0.05) is 50.5 Å². The molecule has 6 nitrogen and oxygen atoms in total. The van der Waals surface area contributed by atoms with Crippen molar-refractivity contribution >= 4 is 22.3 Å². The molecule has 4 heterocycles. The molecule has 1 aromatic carbocycles. The zero-order chi connectivity index (χ0) is 20.3. The molecule has 2 saturated heterocycles. The largest absolute Gasteiger partial charge is 0.351 e. The smallest absolute Gasteiger partial charge is 0.193 e. The number of thiazole rings is 1. The monoisotopic (exact) mass is 422 g/mol. The molecule has 0 saturated carbocycles. The number of aliphatic imine (C=N–C) groups is 1. The minimum absolute atomic E-state index is 0.688. The highest BCUT2D eigenvalue weighted by atomic mass is 32.1. The lowest BCUT2D eigenvalue weighted by molar-refractivity contribution is 0.0372. The topological polar surface area (TPSA) is 48.2 Å². The Morgan fingerprint density at radius 1 is 1.23 bits per heavy atom. The van der Waals surface area contributed by atoms with Gasteiger partial charge in [-0.15, -0.1) is 11.3 Å². The zero-order valence-electron chi connectivity index (χ0n) is 17.6. The summed E-state index contributed by atoms with van der Waals surface area (Å²) >= 11 is 1.67. The van der Waals surface area contributed by atoms with Gasteiger partial charge in [0.05, 0.1) is 12.2 Å². The molecule has 2 aromatic heterocycles. The maximum absolute atomic E-state index is 4.68. The molecule has 0 radical (unpaired) electrons. The third kappa shape index (κ3) is 4.09. The average molecular weight is 423 g/mol. The molecular formula is C23H30N6S. The van der Waals surface area contributed by atoms with Crippen LogP contribution in [0, 0.1) is 5.92 Å². The Morgan fingerprint density at radius 3 is 2.97 bits per heavy atom. The lowest BCUT2D eigenvalue weighted by atomic mass is 9.83. The summed E-state index contributed by atoms with van der Waals surface area (Å²) < 4.78 is 2.08. The standard InChI is InChI=1S/C23H30N6S/c1-24-22(25-14-20-17-29-12-13-30-23(29)26-20)28-11-9-21-19(16-28)8-5-10-27(21)15-18-6-3-2-4-7-18/h2-4,6-7,12-13,17,19,21H,5,8-11,14-16H2,1H3,(H,24,25). The van der Waals surface area contributed by atoms with Crippen molar-refractivity contribution in [2.24, 2.45) is 10.9 Å². The highest BCUT2D eigenvalue weighted by Crippen LogP contribution is 2.31. The number of nitrogens with zero attached hydrogens (tertiary/aromatic N) is 5. The van der Waals surface area contributed by atoms with E-state index in [2.05, 4.69) is 77.6 Å². The number of hydrogen-bond donors (Lipinski definition) is 1. The van der Waals surface area contributed by atoms with E-state index in [1.54, 1.807) is 11.3 Å². The minimum Gasteiger partial charge on any atom is -0.351 e. The lowest BCUT2D eigenvalue weighted by Crippen LogP contribution is -2.56. The van der Waals surface area contributed by atoms with E-state index in [-0.39, 0.29) is 0 Å². The van der Waals surface area contributed by atoms with Crippen LogP contribution in [0.3, 0.4) is 0 Å². The summed E-state index contributed by atoms with van der Waals surface area (Å²) in [6, 6.07) is 11.6. The number of rotatable bonds is 4. The van der Waals surface area contributed by atoms with Crippen LogP contribution in [0.5, 0.6) is 0 Å². The van der Waals surface area contributed by atoms with Crippen LogP contribution in [0.25, 0.3) is 4.96 Å². The van der Waals surface area contributed by atoms with Gasteiger partial charge in [-0.1, -0.05) is 30.3 Å². The highest BCUT2D eigenvalue weighted by Gasteiger charge is 2.36. The van der Waals surface area contributed by atoms with Gasteiger partial charge in [-0.05, 0) is 37.3 Å². The van der Waals surface area contributed by atoms with E-state index in [4.69, 9.17) is 0 Å². The summed E-state index contributed by atoms with van der Waals surface area (Å²) in [6.45, 7) is 5.16. The van der Waals surface area contributed by atoms with Crippen molar-refractivity contribution in [2.45, 2.75) is 38.4 Å². The lowest BCUT2D eigenvalue weighted by Gasteiger charge is -2.48. The number of nitrogens with one attached hydrogen (secondary N) is 1. The Morgan fingerprint density at radius 2 is 2.13 bits per heavy atom. The third-order valence-corrected chi connectivity index (χ3v) is 7.26. The molecule has 30 heavy (non-hydrogen) atoms. The van der Waals surface area contributed by atoms with Crippen LogP contribution in [0.4, 0.5) is 0 Å². The number of guanidine groups is 1. The fourth-order valence-corrected chi connectivity index (χ4v) is 5.80. The second-order valence-electron chi connectivity index (χ2n) is 8.39. The van der Waals surface area contributed by atoms with Crippen LogP contribution in [-0.4, -0.2) is 57.9 Å².